The van der Waals surface area contributed by atoms with Crippen molar-refractivity contribution in [2.75, 3.05) is 4.90 Å². The molecule has 0 spiro atoms. The molecular formula is C29H37N5O2. The second-order valence-corrected chi connectivity index (χ2v) is 10.3. The zero-order valence-electron chi connectivity index (χ0n) is 21.8. The molecule has 1 aliphatic heterocycles. The summed E-state index contributed by atoms with van der Waals surface area (Å²) in [4.78, 5) is 27.5. The van der Waals surface area contributed by atoms with Gasteiger partial charge in [0.1, 0.15) is 5.69 Å². The molecule has 0 bridgehead atoms. The van der Waals surface area contributed by atoms with Crippen LogP contribution in [0.4, 0.5) is 5.69 Å². The normalized spacial score (nSPS) is 12.6. The maximum atomic E-state index is 13.5. The molecule has 0 aliphatic carbocycles. The SMILES string of the molecule is CC(C)CCCCn1nnc2c1-c1ccccc1CN(C(=O)CCC(=O)NC(C)C)c1ccccc1-2. The van der Waals surface area contributed by atoms with E-state index in [0.717, 1.165) is 53.2 Å². The second-order valence-electron chi connectivity index (χ2n) is 10.3. The summed E-state index contributed by atoms with van der Waals surface area (Å²) in [6.45, 7) is 9.57. The summed E-state index contributed by atoms with van der Waals surface area (Å²) >= 11 is 0. The van der Waals surface area contributed by atoms with Crippen molar-refractivity contribution >= 4 is 17.5 Å². The molecule has 0 saturated heterocycles. The van der Waals surface area contributed by atoms with E-state index in [1.807, 2.05) is 54.9 Å². The predicted molar refractivity (Wildman–Crippen MR) is 143 cm³/mol. The lowest BCUT2D eigenvalue weighted by molar-refractivity contribution is -0.125. The van der Waals surface area contributed by atoms with Gasteiger partial charge in [0.25, 0.3) is 0 Å². The average Bonchev–Trinajstić information content (AvgIpc) is 3.25. The summed E-state index contributed by atoms with van der Waals surface area (Å²) in [5.41, 5.74) is 5.57. The van der Waals surface area contributed by atoms with Crippen molar-refractivity contribution in [2.45, 2.75) is 78.9 Å². The van der Waals surface area contributed by atoms with Crippen molar-refractivity contribution in [1.82, 2.24) is 20.3 Å². The molecule has 0 atom stereocenters. The van der Waals surface area contributed by atoms with Gasteiger partial charge in [0.2, 0.25) is 11.8 Å². The first-order valence-corrected chi connectivity index (χ1v) is 13.1. The summed E-state index contributed by atoms with van der Waals surface area (Å²) < 4.78 is 2.03. The van der Waals surface area contributed by atoms with Crippen LogP contribution in [0.25, 0.3) is 22.5 Å². The Morgan fingerprint density at radius 2 is 1.67 bits per heavy atom. The number of nitrogens with one attached hydrogen (secondary N) is 1. The minimum atomic E-state index is -0.109. The molecule has 1 aliphatic rings. The highest BCUT2D eigenvalue weighted by Gasteiger charge is 2.29. The van der Waals surface area contributed by atoms with Gasteiger partial charge in [-0.1, -0.05) is 74.4 Å². The Hall–Kier alpha value is -3.48. The van der Waals surface area contributed by atoms with E-state index >= 15 is 0 Å². The predicted octanol–water partition coefficient (Wildman–Crippen LogP) is 5.59. The molecule has 190 valence electrons. The second kappa shape index (κ2) is 11.5. The highest BCUT2D eigenvalue weighted by molar-refractivity contribution is 6.01. The molecule has 2 aromatic carbocycles. The number of amides is 2. The van der Waals surface area contributed by atoms with E-state index in [1.165, 1.54) is 6.42 Å². The molecule has 36 heavy (non-hydrogen) atoms. The number of para-hydroxylation sites is 1. The third kappa shape index (κ3) is 5.83. The van der Waals surface area contributed by atoms with Crippen molar-refractivity contribution in [3.05, 3.63) is 54.1 Å². The minimum absolute atomic E-state index is 0.0494. The molecule has 1 N–H and O–H groups in total. The number of aryl methyl sites for hydroxylation is 1. The van der Waals surface area contributed by atoms with Crippen molar-refractivity contribution in [3.63, 3.8) is 0 Å². The smallest absolute Gasteiger partial charge is 0.227 e. The maximum Gasteiger partial charge on any atom is 0.227 e. The van der Waals surface area contributed by atoms with E-state index in [-0.39, 0.29) is 30.7 Å². The number of nitrogens with zero attached hydrogens (tertiary/aromatic N) is 4. The fourth-order valence-electron chi connectivity index (χ4n) is 4.76. The lowest BCUT2D eigenvalue weighted by Crippen LogP contribution is -2.34. The number of benzene rings is 2. The van der Waals surface area contributed by atoms with E-state index < -0.39 is 0 Å². The summed E-state index contributed by atoms with van der Waals surface area (Å²) in [7, 11) is 0. The van der Waals surface area contributed by atoms with Crippen molar-refractivity contribution in [3.8, 4) is 22.5 Å². The molecule has 2 heterocycles. The molecule has 7 heteroatoms. The van der Waals surface area contributed by atoms with Gasteiger partial charge < -0.3 is 10.2 Å². The van der Waals surface area contributed by atoms with Crippen LogP contribution in [0, 0.1) is 5.92 Å². The van der Waals surface area contributed by atoms with Crippen LogP contribution in [-0.4, -0.2) is 32.9 Å². The quantitative estimate of drug-likeness (QED) is 0.399. The van der Waals surface area contributed by atoms with Crippen LogP contribution in [0.3, 0.4) is 0 Å². The first-order chi connectivity index (χ1) is 17.3. The molecule has 4 rings (SSSR count). The summed E-state index contributed by atoms with van der Waals surface area (Å²) in [5, 5.41) is 12.1. The zero-order valence-corrected chi connectivity index (χ0v) is 21.8. The van der Waals surface area contributed by atoms with Crippen molar-refractivity contribution in [1.29, 1.82) is 0 Å². The van der Waals surface area contributed by atoms with Gasteiger partial charge in [0.15, 0.2) is 0 Å². The highest BCUT2D eigenvalue weighted by Crippen LogP contribution is 2.41. The number of unbranched alkanes of at least 4 members (excludes halogenated alkanes) is 1. The van der Waals surface area contributed by atoms with Crippen LogP contribution >= 0.6 is 0 Å². The Balaban J connectivity index is 1.70. The van der Waals surface area contributed by atoms with E-state index in [4.69, 9.17) is 0 Å². The minimum Gasteiger partial charge on any atom is -0.354 e. The Kier molecular flexibility index (Phi) is 8.18. The first kappa shape index (κ1) is 25.6. The Morgan fingerprint density at radius 1 is 0.944 bits per heavy atom. The number of hydrogen-bond donors (Lipinski definition) is 1. The largest absolute Gasteiger partial charge is 0.354 e. The van der Waals surface area contributed by atoms with Crippen molar-refractivity contribution in [2.24, 2.45) is 5.92 Å². The van der Waals surface area contributed by atoms with E-state index in [2.05, 4.69) is 41.6 Å². The van der Waals surface area contributed by atoms with Gasteiger partial charge in [0.05, 0.1) is 17.9 Å². The van der Waals surface area contributed by atoms with Gasteiger partial charge in [-0.25, -0.2) is 4.68 Å². The number of aromatic nitrogens is 3. The highest BCUT2D eigenvalue weighted by atomic mass is 16.2. The monoisotopic (exact) mass is 487 g/mol. The lowest BCUT2D eigenvalue weighted by atomic mass is 9.95. The Morgan fingerprint density at radius 3 is 2.42 bits per heavy atom. The fourth-order valence-corrected chi connectivity index (χ4v) is 4.76. The number of hydrogen-bond acceptors (Lipinski definition) is 4. The Labute approximate surface area is 213 Å². The number of rotatable bonds is 9. The third-order valence-corrected chi connectivity index (χ3v) is 6.50. The van der Waals surface area contributed by atoms with Crippen LogP contribution in [0.15, 0.2) is 48.5 Å². The molecule has 1 aromatic heterocycles. The molecule has 0 radical (unpaired) electrons. The molecule has 0 fully saturated rings. The number of fused-ring (bicyclic) bond motifs is 5. The van der Waals surface area contributed by atoms with Crippen LogP contribution in [0.5, 0.6) is 0 Å². The fraction of sp³-hybridized carbons (Fsp3) is 0.448. The first-order valence-electron chi connectivity index (χ1n) is 13.1. The van der Waals surface area contributed by atoms with Gasteiger partial charge in [-0.05, 0) is 37.8 Å². The number of carbonyl (C=O) groups excluding carboxylic acids is 2. The van der Waals surface area contributed by atoms with E-state index in [9.17, 15) is 9.59 Å². The van der Waals surface area contributed by atoms with Crippen LogP contribution in [0.1, 0.15) is 65.4 Å². The average molecular weight is 488 g/mol. The van der Waals surface area contributed by atoms with Crippen LogP contribution in [-0.2, 0) is 22.7 Å². The molecule has 0 saturated carbocycles. The van der Waals surface area contributed by atoms with Gasteiger partial charge in [0, 0.05) is 36.6 Å². The molecule has 7 nitrogen and oxygen atoms in total. The van der Waals surface area contributed by atoms with E-state index in [1.54, 1.807) is 4.90 Å². The topological polar surface area (TPSA) is 80.1 Å². The van der Waals surface area contributed by atoms with Gasteiger partial charge in [-0.2, -0.15) is 0 Å². The van der Waals surface area contributed by atoms with Crippen molar-refractivity contribution < 1.29 is 9.59 Å². The third-order valence-electron chi connectivity index (χ3n) is 6.50. The molecule has 3 aromatic rings. The summed E-state index contributed by atoms with van der Waals surface area (Å²) in [6, 6.07) is 16.1. The number of carbonyl (C=O) groups is 2. The van der Waals surface area contributed by atoms with Crippen LogP contribution in [0.2, 0.25) is 0 Å². The van der Waals surface area contributed by atoms with Crippen LogP contribution < -0.4 is 10.2 Å². The van der Waals surface area contributed by atoms with Gasteiger partial charge in [-0.3, -0.25) is 9.59 Å². The van der Waals surface area contributed by atoms with E-state index in [0.29, 0.717) is 12.5 Å². The standard InChI is InChI=1S/C29H37N5O2/c1-20(2)11-9-10-18-34-29-23-13-6-5-12-22(23)19-33(27(36)17-16-26(35)30-21(3)4)25-15-8-7-14-24(25)28(29)31-32-34/h5-8,12-15,20-21H,9-11,16-19H2,1-4H3,(H,30,35). The van der Waals surface area contributed by atoms with Gasteiger partial charge >= 0.3 is 0 Å². The lowest BCUT2D eigenvalue weighted by Gasteiger charge is -2.28. The number of anilines is 1. The maximum absolute atomic E-state index is 13.5. The summed E-state index contributed by atoms with van der Waals surface area (Å²) in [5.74, 6) is 0.497. The zero-order chi connectivity index (χ0) is 25.7. The summed E-state index contributed by atoms with van der Waals surface area (Å²) in [6.07, 6.45) is 3.69. The molecule has 2 amide bonds. The van der Waals surface area contributed by atoms with Gasteiger partial charge in [-0.15, -0.1) is 5.10 Å². The molecular weight excluding hydrogens is 450 g/mol. The Bertz CT molecular complexity index is 1210. The molecule has 0 unspecified atom stereocenters.